The highest BCUT2D eigenvalue weighted by Crippen LogP contribution is 2.33. The molecule has 2 aliphatic heterocycles. The van der Waals surface area contributed by atoms with Crippen LogP contribution in [0.3, 0.4) is 0 Å². The van der Waals surface area contributed by atoms with Crippen LogP contribution in [0.25, 0.3) is 11.1 Å². The maximum Gasteiger partial charge on any atom is 0.401 e. The molecule has 1 amide bonds. The summed E-state index contributed by atoms with van der Waals surface area (Å²) in [5, 5.41) is 3.13. The number of carbonyl (C=O) groups is 1. The lowest BCUT2D eigenvalue weighted by Crippen LogP contribution is -2.46. The summed E-state index contributed by atoms with van der Waals surface area (Å²) >= 11 is 0. The number of amides is 1. The predicted octanol–water partition coefficient (Wildman–Crippen LogP) is 5.21. The van der Waals surface area contributed by atoms with Crippen LogP contribution in [0.2, 0.25) is 0 Å². The van der Waals surface area contributed by atoms with Gasteiger partial charge in [0.1, 0.15) is 5.82 Å². The van der Waals surface area contributed by atoms with Crippen LogP contribution < -0.4 is 11.1 Å². The Morgan fingerprint density at radius 2 is 1.68 bits per heavy atom. The van der Waals surface area contributed by atoms with Crippen molar-refractivity contribution in [2.24, 2.45) is 0 Å². The number of aromatic nitrogens is 1. The fourth-order valence-corrected chi connectivity index (χ4v) is 6.36. The zero-order valence-electron chi connectivity index (χ0n) is 21.8. The first-order valence-corrected chi connectivity index (χ1v) is 13.9. The number of hydrogen-bond acceptors (Lipinski definition) is 5. The molecule has 38 heavy (non-hydrogen) atoms. The lowest BCUT2D eigenvalue weighted by molar-refractivity contribution is -0.148. The number of alkyl halides is 3. The van der Waals surface area contributed by atoms with E-state index in [-0.39, 0.29) is 17.8 Å². The summed E-state index contributed by atoms with van der Waals surface area (Å²) in [7, 11) is 0. The van der Waals surface area contributed by atoms with Gasteiger partial charge in [-0.15, -0.1) is 0 Å². The van der Waals surface area contributed by atoms with E-state index in [1.165, 1.54) is 16.9 Å². The lowest BCUT2D eigenvalue weighted by Gasteiger charge is -2.37. The van der Waals surface area contributed by atoms with E-state index < -0.39 is 12.7 Å². The summed E-state index contributed by atoms with van der Waals surface area (Å²) in [6.07, 6.45) is 5.77. The minimum Gasteiger partial charge on any atom is -0.383 e. The monoisotopic (exact) mass is 529 g/mol. The van der Waals surface area contributed by atoms with Crippen LogP contribution in [0.5, 0.6) is 0 Å². The van der Waals surface area contributed by atoms with Gasteiger partial charge in [0.15, 0.2) is 0 Å². The number of pyridine rings is 1. The molecule has 3 aliphatic rings. The summed E-state index contributed by atoms with van der Waals surface area (Å²) in [4.78, 5) is 21.2. The van der Waals surface area contributed by atoms with Crippen LogP contribution in [0.15, 0.2) is 36.5 Å². The normalized spacial score (nSPS) is 22.6. The zero-order chi connectivity index (χ0) is 26.7. The van der Waals surface area contributed by atoms with Crippen LogP contribution in [0.1, 0.15) is 73.2 Å². The third-order valence-corrected chi connectivity index (χ3v) is 8.52. The second-order valence-corrected chi connectivity index (χ2v) is 11.2. The van der Waals surface area contributed by atoms with E-state index in [0.29, 0.717) is 30.6 Å². The largest absolute Gasteiger partial charge is 0.401 e. The lowest BCUT2D eigenvalue weighted by atomic mass is 9.94. The molecule has 3 fully saturated rings. The fraction of sp³-hybridized carbons (Fsp3) is 0.586. The smallest absolute Gasteiger partial charge is 0.383 e. The topological polar surface area (TPSA) is 74.5 Å². The van der Waals surface area contributed by atoms with Crippen molar-refractivity contribution < 1.29 is 18.0 Å². The van der Waals surface area contributed by atoms with E-state index in [2.05, 4.69) is 39.5 Å². The molecule has 0 radical (unpaired) electrons. The standard InChI is InChI=1S/C29H38F3N5O/c30-29(31,32)19-36-13-11-25(12-14-36)37-15-10-22(18-37)20-6-8-21(9-7-20)23-16-26(27(33)34-17-23)28(38)35-24-4-2-1-3-5-24/h6-9,16-17,22,24-25H,1-5,10-15,18-19H2,(H2,33,34)(H,35,38). The Morgan fingerprint density at radius 1 is 0.974 bits per heavy atom. The molecule has 3 N–H and O–H groups in total. The van der Waals surface area contributed by atoms with Gasteiger partial charge in [0.25, 0.3) is 5.91 Å². The first kappa shape index (κ1) is 26.9. The number of nitrogens with two attached hydrogens (primary N) is 1. The van der Waals surface area contributed by atoms with Crippen molar-refractivity contribution >= 4 is 11.7 Å². The number of nitrogens with zero attached hydrogens (tertiary/aromatic N) is 3. The highest BCUT2D eigenvalue weighted by atomic mass is 19.4. The average Bonchev–Trinajstić information content (AvgIpc) is 3.40. The van der Waals surface area contributed by atoms with E-state index in [1.807, 2.05) is 6.07 Å². The Labute approximate surface area is 222 Å². The first-order chi connectivity index (χ1) is 18.2. The molecule has 1 aliphatic carbocycles. The van der Waals surface area contributed by atoms with Crippen LogP contribution in [0, 0.1) is 0 Å². The van der Waals surface area contributed by atoms with E-state index >= 15 is 0 Å². The van der Waals surface area contributed by atoms with Gasteiger partial charge in [-0.25, -0.2) is 4.98 Å². The number of anilines is 1. The van der Waals surface area contributed by atoms with Crippen LogP contribution in [-0.4, -0.2) is 71.7 Å². The van der Waals surface area contributed by atoms with Gasteiger partial charge in [-0.05, 0) is 74.8 Å². The van der Waals surface area contributed by atoms with E-state index in [4.69, 9.17) is 5.73 Å². The molecule has 1 unspecified atom stereocenters. The van der Waals surface area contributed by atoms with Gasteiger partial charge >= 0.3 is 6.18 Å². The van der Waals surface area contributed by atoms with Crippen molar-refractivity contribution in [3.05, 3.63) is 47.7 Å². The Hall–Kier alpha value is -2.65. The van der Waals surface area contributed by atoms with Gasteiger partial charge in [0.2, 0.25) is 0 Å². The second-order valence-electron chi connectivity index (χ2n) is 11.2. The average molecular weight is 530 g/mol. The number of hydrogen-bond donors (Lipinski definition) is 2. The van der Waals surface area contributed by atoms with Gasteiger partial charge < -0.3 is 11.1 Å². The fourth-order valence-electron chi connectivity index (χ4n) is 6.36. The van der Waals surface area contributed by atoms with E-state index in [9.17, 15) is 18.0 Å². The number of halogens is 3. The highest BCUT2D eigenvalue weighted by molar-refractivity contribution is 5.99. The quantitative estimate of drug-likeness (QED) is 0.538. The summed E-state index contributed by atoms with van der Waals surface area (Å²) in [6, 6.07) is 10.8. The number of benzene rings is 1. The van der Waals surface area contributed by atoms with Crippen LogP contribution in [0.4, 0.5) is 19.0 Å². The molecule has 9 heteroatoms. The molecule has 1 atom stereocenters. The first-order valence-electron chi connectivity index (χ1n) is 13.9. The SMILES string of the molecule is Nc1ncc(-c2ccc(C3CCN(C4CCN(CC(F)(F)F)CC4)C3)cc2)cc1C(=O)NC1CCCCC1. The molecule has 2 aromatic rings. The highest BCUT2D eigenvalue weighted by Gasteiger charge is 2.35. The van der Waals surface area contributed by atoms with Gasteiger partial charge in [0, 0.05) is 30.4 Å². The maximum absolute atomic E-state index is 12.9. The van der Waals surface area contributed by atoms with Crippen molar-refractivity contribution in [1.82, 2.24) is 20.1 Å². The Morgan fingerprint density at radius 3 is 2.37 bits per heavy atom. The molecule has 1 aromatic heterocycles. The maximum atomic E-state index is 12.9. The summed E-state index contributed by atoms with van der Waals surface area (Å²) in [5.74, 6) is 0.503. The summed E-state index contributed by atoms with van der Waals surface area (Å²) in [6.45, 7) is 2.15. The third-order valence-electron chi connectivity index (χ3n) is 8.52. The van der Waals surface area contributed by atoms with E-state index in [1.54, 1.807) is 6.20 Å². The van der Waals surface area contributed by atoms with E-state index in [0.717, 1.165) is 69.2 Å². The number of piperidine rings is 1. The van der Waals surface area contributed by atoms with Crippen LogP contribution in [-0.2, 0) is 0 Å². The molecule has 0 spiro atoms. The summed E-state index contributed by atoms with van der Waals surface area (Å²) in [5.41, 5.74) is 9.59. The van der Waals surface area contributed by atoms with Crippen LogP contribution >= 0.6 is 0 Å². The number of nitrogen functional groups attached to an aromatic ring is 1. The van der Waals surface area contributed by atoms with Crippen molar-refractivity contribution in [3.8, 4) is 11.1 Å². The summed E-state index contributed by atoms with van der Waals surface area (Å²) < 4.78 is 38.1. The molecule has 206 valence electrons. The minimum atomic E-state index is -4.12. The number of nitrogens with one attached hydrogen (secondary N) is 1. The molecule has 2 saturated heterocycles. The molecule has 0 bridgehead atoms. The second kappa shape index (κ2) is 11.6. The van der Waals surface area contributed by atoms with Crippen molar-refractivity contribution in [2.75, 3.05) is 38.5 Å². The van der Waals surface area contributed by atoms with Gasteiger partial charge in [-0.2, -0.15) is 13.2 Å². The van der Waals surface area contributed by atoms with Gasteiger partial charge in [0.05, 0.1) is 12.1 Å². The van der Waals surface area contributed by atoms with Crippen molar-refractivity contribution in [1.29, 1.82) is 0 Å². The zero-order valence-corrected chi connectivity index (χ0v) is 21.8. The number of rotatable bonds is 6. The predicted molar refractivity (Wildman–Crippen MR) is 143 cm³/mol. The molecule has 6 nitrogen and oxygen atoms in total. The third kappa shape index (κ3) is 6.67. The molecule has 1 saturated carbocycles. The van der Waals surface area contributed by atoms with Gasteiger partial charge in [-0.1, -0.05) is 43.5 Å². The molecule has 3 heterocycles. The number of carbonyl (C=O) groups excluding carboxylic acids is 1. The molecule has 5 rings (SSSR count). The Kier molecular flexibility index (Phi) is 8.23. The molecular formula is C29H38F3N5O. The Balaban J connectivity index is 1.18. The minimum absolute atomic E-state index is 0.157. The van der Waals surface area contributed by atoms with Crippen molar-refractivity contribution in [3.63, 3.8) is 0 Å². The Bertz CT molecular complexity index is 1090. The number of likely N-dealkylation sites (tertiary alicyclic amines) is 2. The molecule has 1 aromatic carbocycles. The van der Waals surface area contributed by atoms with Crippen molar-refractivity contribution in [2.45, 2.75) is 75.5 Å². The molecular weight excluding hydrogens is 491 g/mol. The van der Waals surface area contributed by atoms with Gasteiger partial charge in [-0.3, -0.25) is 14.6 Å².